The van der Waals surface area contributed by atoms with E-state index in [9.17, 15) is 0 Å². The van der Waals surface area contributed by atoms with Crippen molar-refractivity contribution in [1.82, 2.24) is 0 Å². The molecule has 3 heteroatoms. The fraction of sp³-hybridized carbons (Fsp3) is 0.500. The molecule has 84 valence electrons. The van der Waals surface area contributed by atoms with Gasteiger partial charge in [-0.3, -0.25) is 0 Å². The lowest BCUT2D eigenvalue weighted by atomic mass is 10.1. The molecule has 1 aromatic rings. The second-order valence-corrected chi connectivity index (χ2v) is 4.23. The Bertz CT molecular complexity index is 312. The molecule has 0 aliphatic carbocycles. The molecule has 0 fully saturated rings. The lowest BCUT2D eigenvalue weighted by Crippen LogP contribution is -2.06. The summed E-state index contributed by atoms with van der Waals surface area (Å²) in [6.07, 6.45) is 2.11. The zero-order valence-corrected chi connectivity index (χ0v) is 10.1. The lowest BCUT2D eigenvalue weighted by Gasteiger charge is -2.12. The van der Waals surface area contributed by atoms with E-state index in [4.69, 9.17) is 22.1 Å². The monoisotopic (exact) mass is 227 g/mol. The predicted octanol–water partition coefficient (Wildman–Crippen LogP) is 3.02. The predicted molar refractivity (Wildman–Crippen MR) is 64.6 cm³/mol. The van der Waals surface area contributed by atoms with E-state index in [0.717, 1.165) is 18.6 Å². The molecular weight excluding hydrogens is 210 g/mol. The second kappa shape index (κ2) is 5.99. The second-order valence-electron chi connectivity index (χ2n) is 3.82. The van der Waals surface area contributed by atoms with Gasteiger partial charge in [0.05, 0.1) is 11.1 Å². The third kappa shape index (κ3) is 4.10. The van der Waals surface area contributed by atoms with Gasteiger partial charge >= 0.3 is 0 Å². The molecule has 0 unspecified atom stereocenters. The fourth-order valence-corrected chi connectivity index (χ4v) is 1.52. The van der Waals surface area contributed by atoms with Gasteiger partial charge in [-0.05, 0) is 50.9 Å². The number of aryl methyl sites for hydroxylation is 1. The molecule has 0 saturated heterocycles. The Morgan fingerprint density at radius 2 is 2.13 bits per heavy atom. The molecule has 0 spiro atoms. The molecule has 0 saturated carbocycles. The maximum absolute atomic E-state index is 6.02. The summed E-state index contributed by atoms with van der Waals surface area (Å²) in [5.74, 6) is 0.765. The van der Waals surface area contributed by atoms with Crippen LogP contribution >= 0.6 is 11.6 Å². The third-order valence-electron chi connectivity index (χ3n) is 2.03. The van der Waals surface area contributed by atoms with Crippen LogP contribution in [0.4, 0.5) is 0 Å². The first-order chi connectivity index (χ1) is 7.13. The first kappa shape index (κ1) is 12.3. The third-order valence-corrected chi connectivity index (χ3v) is 2.34. The number of benzene rings is 1. The van der Waals surface area contributed by atoms with Crippen LogP contribution in [0.15, 0.2) is 18.2 Å². The van der Waals surface area contributed by atoms with Gasteiger partial charge in [0, 0.05) is 0 Å². The van der Waals surface area contributed by atoms with Gasteiger partial charge in [0.15, 0.2) is 0 Å². The van der Waals surface area contributed by atoms with Crippen LogP contribution in [0, 0.1) is 0 Å². The first-order valence-electron chi connectivity index (χ1n) is 5.28. The van der Waals surface area contributed by atoms with E-state index < -0.39 is 0 Å². The fourth-order valence-electron chi connectivity index (χ4n) is 1.35. The summed E-state index contributed by atoms with van der Waals surface area (Å²) in [4.78, 5) is 0. The van der Waals surface area contributed by atoms with Crippen molar-refractivity contribution in [3.63, 3.8) is 0 Å². The number of rotatable bonds is 5. The van der Waals surface area contributed by atoms with Crippen LogP contribution < -0.4 is 10.5 Å². The van der Waals surface area contributed by atoms with Crippen LogP contribution in [0.2, 0.25) is 5.02 Å². The molecule has 1 aromatic carbocycles. The molecule has 1 rings (SSSR count). The Balaban J connectivity index is 2.75. The van der Waals surface area contributed by atoms with Crippen LogP contribution in [-0.4, -0.2) is 12.6 Å². The summed E-state index contributed by atoms with van der Waals surface area (Å²) >= 11 is 6.02. The van der Waals surface area contributed by atoms with Crippen molar-refractivity contribution in [2.75, 3.05) is 6.54 Å². The SMILES string of the molecule is CC(C)Oc1cc(CCCN)ccc1Cl. The van der Waals surface area contributed by atoms with Crippen molar-refractivity contribution < 1.29 is 4.74 Å². The van der Waals surface area contributed by atoms with Crippen LogP contribution in [0.5, 0.6) is 5.75 Å². The van der Waals surface area contributed by atoms with Gasteiger partial charge in [-0.25, -0.2) is 0 Å². The standard InChI is InChI=1S/C12H18ClNO/c1-9(2)15-12-8-10(4-3-7-14)5-6-11(12)13/h5-6,8-9H,3-4,7,14H2,1-2H3. The molecule has 0 aliphatic heterocycles. The van der Waals surface area contributed by atoms with Gasteiger partial charge in [0.2, 0.25) is 0 Å². The van der Waals surface area contributed by atoms with Gasteiger partial charge in [0.1, 0.15) is 5.75 Å². The van der Waals surface area contributed by atoms with Gasteiger partial charge in [-0.2, -0.15) is 0 Å². The van der Waals surface area contributed by atoms with E-state index in [1.807, 2.05) is 32.0 Å². The maximum Gasteiger partial charge on any atom is 0.138 e. The summed E-state index contributed by atoms with van der Waals surface area (Å²) in [6.45, 7) is 4.69. The average molecular weight is 228 g/mol. The van der Waals surface area contributed by atoms with E-state index in [0.29, 0.717) is 11.6 Å². The lowest BCUT2D eigenvalue weighted by molar-refractivity contribution is 0.242. The van der Waals surface area contributed by atoms with Crippen LogP contribution in [0.25, 0.3) is 0 Å². The largest absolute Gasteiger partial charge is 0.489 e. The average Bonchev–Trinajstić information content (AvgIpc) is 2.18. The topological polar surface area (TPSA) is 35.2 Å². The summed E-state index contributed by atoms with van der Waals surface area (Å²) < 4.78 is 5.60. The number of hydrogen-bond donors (Lipinski definition) is 1. The molecule has 2 N–H and O–H groups in total. The van der Waals surface area contributed by atoms with E-state index in [1.54, 1.807) is 0 Å². The minimum Gasteiger partial charge on any atom is -0.489 e. The summed E-state index contributed by atoms with van der Waals surface area (Å²) in [5.41, 5.74) is 6.69. The molecule has 0 radical (unpaired) electrons. The van der Waals surface area contributed by atoms with Gasteiger partial charge in [-0.1, -0.05) is 17.7 Å². The van der Waals surface area contributed by atoms with E-state index in [1.165, 1.54) is 5.56 Å². The zero-order chi connectivity index (χ0) is 11.3. The number of halogens is 1. The van der Waals surface area contributed by atoms with Crippen molar-refractivity contribution in [3.05, 3.63) is 28.8 Å². The number of ether oxygens (including phenoxy) is 1. The van der Waals surface area contributed by atoms with Gasteiger partial charge in [0.25, 0.3) is 0 Å². The molecule has 0 aromatic heterocycles. The highest BCUT2D eigenvalue weighted by molar-refractivity contribution is 6.32. The summed E-state index contributed by atoms with van der Waals surface area (Å²) in [5, 5.41) is 0.667. The minimum absolute atomic E-state index is 0.146. The molecular formula is C12H18ClNO. The molecule has 0 atom stereocenters. The van der Waals surface area contributed by atoms with E-state index >= 15 is 0 Å². The van der Waals surface area contributed by atoms with Crippen molar-refractivity contribution in [2.45, 2.75) is 32.8 Å². The van der Waals surface area contributed by atoms with Crippen LogP contribution in [0.1, 0.15) is 25.8 Å². The van der Waals surface area contributed by atoms with Crippen molar-refractivity contribution in [3.8, 4) is 5.75 Å². The van der Waals surface area contributed by atoms with E-state index in [2.05, 4.69) is 0 Å². The van der Waals surface area contributed by atoms with E-state index in [-0.39, 0.29) is 6.10 Å². The molecule has 0 aliphatic rings. The minimum atomic E-state index is 0.146. The Kier molecular flexibility index (Phi) is 4.92. The quantitative estimate of drug-likeness (QED) is 0.839. The molecule has 15 heavy (non-hydrogen) atoms. The maximum atomic E-state index is 6.02. The molecule has 2 nitrogen and oxygen atoms in total. The molecule has 0 amide bonds. The highest BCUT2D eigenvalue weighted by atomic mass is 35.5. The highest BCUT2D eigenvalue weighted by Crippen LogP contribution is 2.26. The Hall–Kier alpha value is -0.730. The highest BCUT2D eigenvalue weighted by Gasteiger charge is 2.04. The smallest absolute Gasteiger partial charge is 0.138 e. The Labute approximate surface area is 96.4 Å². The molecule has 0 bridgehead atoms. The Morgan fingerprint density at radius 3 is 2.73 bits per heavy atom. The Morgan fingerprint density at radius 1 is 1.40 bits per heavy atom. The summed E-state index contributed by atoms with van der Waals surface area (Å²) in [7, 11) is 0. The van der Waals surface area contributed by atoms with Crippen molar-refractivity contribution >= 4 is 11.6 Å². The van der Waals surface area contributed by atoms with Crippen molar-refractivity contribution in [1.29, 1.82) is 0 Å². The van der Waals surface area contributed by atoms with Crippen molar-refractivity contribution in [2.24, 2.45) is 5.73 Å². The van der Waals surface area contributed by atoms with Crippen LogP contribution in [-0.2, 0) is 6.42 Å². The molecule has 0 heterocycles. The summed E-state index contributed by atoms with van der Waals surface area (Å²) in [6, 6.07) is 5.90. The zero-order valence-electron chi connectivity index (χ0n) is 9.29. The first-order valence-corrected chi connectivity index (χ1v) is 5.66. The van der Waals surface area contributed by atoms with Gasteiger partial charge < -0.3 is 10.5 Å². The van der Waals surface area contributed by atoms with Crippen LogP contribution in [0.3, 0.4) is 0 Å². The van der Waals surface area contributed by atoms with Gasteiger partial charge in [-0.15, -0.1) is 0 Å². The number of hydrogen-bond acceptors (Lipinski definition) is 2. The number of nitrogens with two attached hydrogens (primary N) is 1. The normalized spacial score (nSPS) is 10.7.